The summed E-state index contributed by atoms with van der Waals surface area (Å²) in [5, 5.41) is 17.4. The van der Waals surface area contributed by atoms with Gasteiger partial charge in [0.2, 0.25) is 0 Å². The Morgan fingerprint density at radius 2 is 2.14 bits per heavy atom. The predicted octanol–water partition coefficient (Wildman–Crippen LogP) is -1.21. The van der Waals surface area contributed by atoms with Crippen molar-refractivity contribution in [2.24, 2.45) is 0 Å². The SMILES string of the molecule is CS(=O)(=O)OC(=O)CC(O)C=CCO. The lowest BCUT2D eigenvalue weighted by Gasteiger charge is -2.03. The Hall–Kier alpha value is -0.920. The second kappa shape index (κ2) is 5.74. The molecule has 0 amide bonds. The van der Waals surface area contributed by atoms with Gasteiger partial charge in [-0.25, -0.2) is 0 Å². The van der Waals surface area contributed by atoms with E-state index in [0.717, 1.165) is 6.26 Å². The third kappa shape index (κ3) is 7.71. The molecule has 0 radical (unpaired) electrons. The van der Waals surface area contributed by atoms with E-state index in [1.807, 2.05) is 0 Å². The molecular formula is C7H12O6S. The first-order valence-electron chi connectivity index (χ1n) is 3.73. The lowest BCUT2D eigenvalue weighted by molar-refractivity contribution is -0.135. The molecule has 0 saturated carbocycles. The molecule has 0 heterocycles. The second-order valence-electron chi connectivity index (χ2n) is 2.54. The van der Waals surface area contributed by atoms with Gasteiger partial charge in [0.1, 0.15) is 0 Å². The van der Waals surface area contributed by atoms with Crippen LogP contribution >= 0.6 is 0 Å². The molecule has 6 nitrogen and oxygen atoms in total. The highest BCUT2D eigenvalue weighted by Gasteiger charge is 2.14. The van der Waals surface area contributed by atoms with E-state index in [9.17, 15) is 13.2 Å². The van der Waals surface area contributed by atoms with Crippen molar-refractivity contribution >= 4 is 16.1 Å². The van der Waals surface area contributed by atoms with Crippen LogP contribution in [0.4, 0.5) is 0 Å². The Kier molecular flexibility index (Phi) is 5.36. The number of aliphatic hydroxyl groups excluding tert-OH is 2. The first-order valence-corrected chi connectivity index (χ1v) is 5.54. The van der Waals surface area contributed by atoms with Crippen molar-refractivity contribution in [3.63, 3.8) is 0 Å². The van der Waals surface area contributed by atoms with Crippen molar-refractivity contribution in [3.05, 3.63) is 12.2 Å². The molecule has 82 valence electrons. The van der Waals surface area contributed by atoms with Crippen molar-refractivity contribution in [1.82, 2.24) is 0 Å². The fourth-order valence-corrected chi connectivity index (χ4v) is 1.07. The summed E-state index contributed by atoms with van der Waals surface area (Å²) >= 11 is 0. The fourth-order valence-electron chi connectivity index (χ4n) is 0.660. The minimum Gasteiger partial charge on any atom is -0.392 e. The van der Waals surface area contributed by atoms with Crippen molar-refractivity contribution < 1.29 is 27.6 Å². The monoisotopic (exact) mass is 224 g/mol. The molecule has 0 aromatic heterocycles. The summed E-state index contributed by atoms with van der Waals surface area (Å²) < 4.78 is 24.9. The van der Waals surface area contributed by atoms with Crippen LogP contribution in [-0.2, 0) is 19.1 Å². The van der Waals surface area contributed by atoms with Crippen LogP contribution in [0.25, 0.3) is 0 Å². The summed E-state index contributed by atoms with van der Waals surface area (Å²) in [5.74, 6) is -1.04. The quantitative estimate of drug-likeness (QED) is 0.449. The van der Waals surface area contributed by atoms with Crippen molar-refractivity contribution in [2.75, 3.05) is 12.9 Å². The van der Waals surface area contributed by atoms with Crippen molar-refractivity contribution in [3.8, 4) is 0 Å². The third-order valence-corrected chi connectivity index (χ3v) is 1.57. The van der Waals surface area contributed by atoms with Crippen LogP contribution in [0.2, 0.25) is 0 Å². The molecule has 1 atom stereocenters. The zero-order valence-electron chi connectivity index (χ0n) is 7.58. The summed E-state index contributed by atoms with van der Waals surface area (Å²) in [7, 11) is -3.82. The molecule has 0 aromatic rings. The lowest BCUT2D eigenvalue weighted by atomic mass is 10.2. The molecule has 0 spiro atoms. The summed E-state index contributed by atoms with van der Waals surface area (Å²) in [5.41, 5.74) is 0. The van der Waals surface area contributed by atoms with Crippen LogP contribution in [0.15, 0.2) is 12.2 Å². The Morgan fingerprint density at radius 1 is 1.57 bits per heavy atom. The zero-order valence-corrected chi connectivity index (χ0v) is 8.40. The maximum absolute atomic E-state index is 10.8. The maximum atomic E-state index is 10.8. The van der Waals surface area contributed by atoms with Gasteiger partial charge in [0.05, 0.1) is 25.4 Å². The van der Waals surface area contributed by atoms with Gasteiger partial charge in [-0.05, 0) is 0 Å². The molecule has 0 rings (SSSR count). The first-order chi connectivity index (χ1) is 6.35. The number of carbonyl (C=O) groups is 1. The molecule has 7 heteroatoms. The highest BCUT2D eigenvalue weighted by atomic mass is 32.2. The number of carbonyl (C=O) groups excluding carboxylic acids is 1. The van der Waals surface area contributed by atoms with Crippen LogP contribution < -0.4 is 0 Å². The topological polar surface area (TPSA) is 101 Å². The molecular weight excluding hydrogens is 212 g/mol. The Bertz CT molecular complexity index is 304. The fraction of sp³-hybridized carbons (Fsp3) is 0.571. The molecule has 0 aromatic carbocycles. The van der Waals surface area contributed by atoms with Crippen LogP contribution in [0.5, 0.6) is 0 Å². The van der Waals surface area contributed by atoms with E-state index >= 15 is 0 Å². The molecule has 0 bridgehead atoms. The Labute approximate surface area is 81.9 Å². The average molecular weight is 224 g/mol. The van der Waals surface area contributed by atoms with Gasteiger partial charge in [0.15, 0.2) is 0 Å². The number of aliphatic hydroxyl groups is 2. The summed E-state index contributed by atoms with van der Waals surface area (Å²) in [6, 6.07) is 0. The van der Waals surface area contributed by atoms with E-state index in [1.165, 1.54) is 12.2 Å². The van der Waals surface area contributed by atoms with Gasteiger partial charge < -0.3 is 14.4 Å². The van der Waals surface area contributed by atoms with E-state index in [4.69, 9.17) is 10.2 Å². The van der Waals surface area contributed by atoms with Crippen LogP contribution in [0, 0.1) is 0 Å². The van der Waals surface area contributed by atoms with Gasteiger partial charge in [0, 0.05) is 0 Å². The van der Waals surface area contributed by atoms with E-state index in [1.54, 1.807) is 0 Å². The van der Waals surface area contributed by atoms with Gasteiger partial charge in [0.25, 0.3) is 0 Å². The van der Waals surface area contributed by atoms with Crippen molar-refractivity contribution in [2.45, 2.75) is 12.5 Å². The van der Waals surface area contributed by atoms with Gasteiger partial charge in [-0.15, -0.1) is 0 Å². The second-order valence-corrected chi connectivity index (χ2v) is 4.12. The molecule has 14 heavy (non-hydrogen) atoms. The number of rotatable bonds is 5. The van der Waals surface area contributed by atoms with E-state index < -0.39 is 28.6 Å². The van der Waals surface area contributed by atoms with Gasteiger partial charge in [-0.1, -0.05) is 12.2 Å². The van der Waals surface area contributed by atoms with E-state index in [2.05, 4.69) is 4.18 Å². The highest BCUT2D eigenvalue weighted by molar-refractivity contribution is 7.86. The summed E-state index contributed by atoms with van der Waals surface area (Å²) in [6.45, 7) is -0.266. The standard InChI is InChI=1S/C7H12O6S/c1-14(11,12)13-7(10)5-6(9)3-2-4-8/h2-3,6,8-9H,4-5H2,1H3. The molecule has 0 saturated heterocycles. The lowest BCUT2D eigenvalue weighted by Crippen LogP contribution is -2.17. The molecule has 1 unspecified atom stereocenters. The number of hydrogen-bond acceptors (Lipinski definition) is 6. The smallest absolute Gasteiger partial charge is 0.325 e. The van der Waals surface area contributed by atoms with Crippen molar-refractivity contribution in [1.29, 1.82) is 0 Å². The predicted molar refractivity (Wildman–Crippen MR) is 47.8 cm³/mol. The minimum absolute atomic E-state index is 0.266. The minimum atomic E-state index is -3.82. The van der Waals surface area contributed by atoms with Gasteiger partial charge in [-0.3, -0.25) is 4.79 Å². The molecule has 2 N–H and O–H groups in total. The maximum Gasteiger partial charge on any atom is 0.325 e. The molecule has 0 aliphatic heterocycles. The molecule has 0 aliphatic carbocycles. The first kappa shape index (κ1) is 13.1. The molecule has 0 fully saturated rings. The van der Waals surface area contributed by atoms with Crippen LogP contribution in [0.3, 0.4) is 0 Å². The average Bonchev–Trinajstić information content (AvgIpc) is 1.96. The van der Waals surface area contributed by atoms with E-state index in [0.29, 0.717) is 0 Å². The highest BCUT2D eigenvalue weighted by Crippen LogP contribution is 1.99. The van der Waals surface area contributed by atoms with E-state index in [-0.39, 0.29) is 6.61 Å². The summed E-state index contributed by atoms with van der Waals surface area (Å²) in [6.07, 6.45) is 1.52. The molecule has 0 aliphatic rings. The third-order valence-electron chi connectivity index (χ3n) is 1.08. The normalized spacial score (nSPS) is 14.2. The van der Waals surface area contributed by atoms with Crippen LogP contribution in [0.1, 0.15) is 6.42 Å². The van der Waals surface area contributed by atoms with Gasteiger partial charge >= 0.3 is 16.1 Å². The number of hydrogen-bond donors (Lipinski definition) is 2. The Balaban J connectivity index is 4.01. The van der Waals surface area contributed by atoms with Gasteiger partial charge in [-0.2, -0.15) is 8.42 Å². The largest absolute Gasteiger partial charge is 0.392 e. The zero-order chi connectivity index (χ0) is 11.2. The summed E-state index contributed by atoms with van der Waals surface area (Å²) in [4.78, 5) is 10.8. The Morgan fingerprint density at radius 3 is 2.57 bits per heavy atom. The van der Waals surface area contributed by atoms with Crippen LogP contribution in [-0.4, -0.2) is 43.6 Å².